The molecule has 1 amide bonds. The van der Waals surface area contributed by atoms with Crippen LogP contribution in [-0.4, -0.2) is 44.6 Å². The molecule has 1 aromatic carbocycles. The van der Waals surface area contributed by atoms with Gasteiger partial charge in [-0.15, -0.1) is 0 Å². The second kappa shape index (κ2) is 8.53. The lowest BCUT2D eigenvalue weighted by Crippen LogP contribution is -2.27. The summed E-state index contributed by atoms with van der Waals surface area (Å²) in [6.07, 6.45) is 1.94. The molecule has 4 nitrogen and oxygen atoms in total. The maximum absolute atomic E-state index is 11.8. The molecular weight excluding hydrogens is 240 g/mol. The molecule has 0 aliphatic heterocycles. The Labute approximate surface area is 115 Å². The van der Waals surface area contributed by atoms with Gasteiger partial charge in [-0.2, -0.15) is 0 Å². The lowest BCUT2D eigenvalue weighted by molar-refractivity contribution is 0.0952. The molecule has 0 unspecified atom stereocenters. The largest absolute Gasteiger partial charge is 0.494 e. The van der Waals surface area contributed by atoms with Crippen molar-refractivity contribution in [2.45, 2.75) is 19.8 Å². The van der Waals surface area contributed by atoms with E-state index in [0.29, 0.717) is 18.7 Å². The fourth-order valence-corrected chi connectivity index (χ4v) is 1.62. The molecule has 0 aliphatic carbocycles. The third-order valence-electron chi connectivity index (χ3n) is 2.66. The van der Waals surface area contributed by atoms with Gasteiger partial charge in [-0.1, -0.05) is 6.92 Å². The van der Waals surface area contributed by atoms with E-state index in [-0.39, 0.29) is 5.91 Å². The van der Waals surface area contributed by atoms with Crippen LogP contribution in [0.5, 0.6) is 5.75 Å². The van der Waals surface area contributed by atoms with E-state index in [2.05, 4.69) is 17.1 Å². The molecule has 0 spiro atoms. The lowest BCUT2D eigenvalue weighted by Gasteiger charge is -2.10. The van der Waals surface area contributed by atoms with Crippen LogP contribution in [0.15, 0.2) is 24.3 Å². The fourth-order valence-electron chi connectivity index (χ4n) is 1.62. The van der Waals surface area contributed by atoms with Crippen molar-refractivity contribution in [1.29, 1.82) is 0 Å². The smallest absolute Gasteiger partial charge is 0.251 e. The van der Waals surface area contributed by atoms with E-state index in [1.165, 1.54) is 0 Å². The topological polar surface area (TPSA) is 41.6 Å². The van der Waals surface area contributed by atoms with Crippen LogP contribution in [0, 0.1) is 0 Å². The van der Waals surface area contributed by atoms with E-state index >= 15 is 0 Å². The average molecular weight is 264 g/mol. The van der Waals surface area contributed by atoms with Crippen molar-refractivity contribution in [3.8, 4) is 5.75 Å². The number of carbonyl (C=O) groups excluding carboxylic acids is 1. The van der Waals surface area contributed by atoms with E-state index in [4.69, 9.17) is 4.74 Å². The van der Waals surface area contributed by atoms with Crippen molar-refractivity contribution >= 4 is 5.91 Å². The van der Waals surface area contributed by atoms with E-state index in [1.54, 1.807) is 12.1 Å². The normalized spacial score (nSPS) is 10.5. The molecule has 4 heteroatoms. The van der Waals surface area contributed by atoms with Crippen LogP contribution in [0.2, 0.25) is 0 Å². The number of carbonyl (C=O) groups is 1. The Hall–Kier alpha value is -1.55. The second-order valence-corrected chi connectivity index (χ2v) is 4.79. The number of benzene rings is 1. The highest BCUT2D eigenvalue weighted by Gasteiger charge is 2.04. The summed E-state index contributed by atoms with van der Waals surface area (Å²) in [5.74, 6) is 0.784. The predicted molar refractivity (Wildman–Crippen MR) is 77.7 cm³/mol. The van der Waals surface area contributed by atoms with Gasteiger partial charge in [0, 0.05) is 12.1 Å². The lowest BCUT2D eigenvalue weighted by atomic mass is 10.2. The van der Waals surface area contributed by atoms with Crippen LogP contribution in [0.3, 0.4) is 0 Å². The number of hydrogen-bond acceptors (Lipinski definition) is 3. The zero-order valence-electron chi connectivity index (χ0n) is 12.1. The van der Waals surface area contributed by atoms with Crippen molar-refractivity contribution < 1.29 is 9.53 Å². The zero-order chi connectivity index (χ0) is 14.1. The Morgan fingerprint density at radius 3 is 2.53 bits per heavy atom. The quantitative estimate of drug-likeness (QED) is 0.732. The van der Waals surface area contributed by atoms with E-state index in [9.17, 15) is 4.79 Å². The summed E-state index contributed by atoms with van der Waals surface area (Å²) in [6.45, 7) is 4.45. The number of amides is 1. The van der Waals surface area contributed by atoms with Crippen molar-refractivity contribution in [2.24, 2.45) is 0 Å². The number of ether oxygens (including phenoxy) is 1. The molecule has 0 saturated heterocycles. The second-order valence-electron chi connectivity index (χ2n) is 4.79. The molecule has 106 valence electrons. The van der Waals surface area contributed by atoms with Gasteiger partial charge in [-0.05, 0) is 57.7 Å². The van der Waals surface area contributed by atoms with Gasteiger partial charge in [0.25, 0.3) is 5.91 Å². The van der Waals surface area contributed by atoms with Gasteiger partial charge in [0.1, 0.15) is 5.75 Å². The molecule has 1 aromatic rings. The Balaban J connectivity index is 2.36. The van der Waals surface area contributed by atoms with E-state index in [1.807, 2.05) is 26.2 Å². The molecule has 0 saturated carbocycles. The molecule has 0 radical (unpaired) electrons. The summed E-state index contributed by atoms with van der Waals surface area (Å²) >= 11 is 0. The molecule has 0 aromatic heterocycles. The van der Waals surface area contributed by atoms with Crippen molar-refractivity contribution in [3.05, 3.63) is 29.8 Å². The first-order valence-electron chi connectivity index (χ1n) is 6.79. The van der Waals surface area contributed by atoms with E-state index in [0.717, 1.165) is 25.1 Å². The molecule has 1 rings (SSSR count). The van der Waals surface area contributed by atoms with Crippen LogP contribution < -0.4 is 10.1 Å². The van der Waals surface area contributed by atoms with Gasteiger partial charge in [0.2, 0.25) is 0 Å². The summed E-state index contributed by atoms with van der Waals surface area (Å²) < 4.78 is 5.48. The zero-order valence-corrected chi connectivity index (χ0v) is 12.1. The average Bonchev–Trinajstić information content (AvgIpc) is 2.41. The molecule has 0 heterocycles. The maximum Gasteiger partial charge on any atom is 0.251 e. The first kappa shape index (κ1) is 15.5. The summed E-state index contributed by atoms with van der Waals surface area (Å²) in [4.78, 5) is 14.0. The SMILES string of the molecule is CCCOc1ccc(C(=O)NCCCN(C)C)cc1. The third kappa shape index (κ3) is 6.25. The maximum atomic E-state index is 11.8. The van der Waals surface area contributed by atoms with Crippen LogP contribution in [-0.2, 0) is 0 Å². The number of hydrogen-bond donors (Lipinski definition) is 1. The Bertz CT molecular complexity index is 374. The molecule has 0 bridgehead atoms. The van der Waals surface area contributed by atoms with Gasteiger partial charge in [0.05, 0.1) is 6.61 Å². The molecule has 1 N–H and O–H groups in total. The molecule has 0 fully saturated rings. The van der Waals surface area contributed by atoms with Crippen LogP contribution in [0.1, 0.15) is 30.1 Å². The monoisotopic (exact) mass is 264 g/mol. The summed E-state index contributed by atoms with van der Waals surface area (Å²) in [6, 6.07) is 7.27. The number of nitrogens with zero attached hydrogens (tertiary/aromatic N) is 1. The summed E-state index contributed by atoms with van der Waals surface area (Å²) in [5.41, 5.74) is 0.675. The summed E-state index contributed by atoms with van der Waals surface area (Å²) in [5, 5.41) is 2.91. The minimum Gasteiger partial charge on any atom is -0.494 e. The fraction of sp³-hybridized carbons (Fsp3) is 0.533. The van der Waals surface area contributed by atoms with Gasteiger partial charge in [-0.25, -0.2) is 0 Å². The molecule has 0 aliphatic rings. The predicted octanol–water partition coefficient (Wildman–Crippen LogP) is 2.16. The highest BCUT2D eigenvalue weighted by atomic mass is 16.5. The first-order valence-corrected chi connectivity index (χ1v) is 6.79. The van der Waals surface area contributed by atoms with Gasteiger partial charge >= 0.3 is 0 Å². The Morgan fingerprint density at radius 2 is 1.95 bits per heavy atom. The van der Waals surface area contributed by atoms with E-state index < -0.39 is 0 Å². The molecule has 19 heavy (non-hydrogen) atoms. The Kier molecular flexibility index (Phi) is 6.97. The van der Waals surface area contributed by atoms with Crippen LogP contribution >= 0.6 is 0 Å². The van der Waals surface area contributed by atoms with Crippen LogP contribution in [0.25, 0.3) is 0 Å². The third-order valence-corrected chi connectivity index (χ3v) is 2.66. The van der Waals surface area contributed by atoms with Gasteiger partial charge in [-0.3, -0.25) is 4.79 Å². The standard InChI is InChI=1S/C15H24N2O2/c1-4-12-19-14-8-6-13(7-9-14)15(18)16-10-5-11-17(2)3/h6-9H,4-5,10-12H2,1-3H3,(H,16,18). The van der Waals surface area contributed by atoms with Crippen molar-refractivity contribution in [3.63, 3.8) is 0 Å². The highest BCUT2D eigenvalue weighted by Crippen LogP contribution is 2.12. The minimum atomic E-state index is -0.0270. The van der Waals surface area contributed by atoms with Crippen LogP contribution in [0.4, 0.5) is 0 Å². The van der Waals surface area contributed by atoms with Gasteiger partial charge in [0.15, 0.2) is 0 Å². The minimum absolute atomic E-state index is 0.0270. The molecule has 0 atom stereocenters. The number of nitrogens with one attached hydrogen (secondary N) is 1. The molecular formula is C15H24N2O2. The number of rotatable bonds is 8. The van der Waals surface area contributed by atoms with Gasteiger partial charge < -0.3 is 15.0 Å². The summed E-state index contributed by atoms with van der Waals surface area (Å²) in [7, 11) is 4.05. The first-order chi connectivity index (χ1) is 9.13. The Morgan fingerprint density at radius 1 is 1.26 bits per heavy atom. The van der Waals surface area contributed by atoms with Crippen molar-refractivity contribution in [2.75, 3.05) is 33.8 Å². The van der Waals surface area contributed by atoms with Crippen molar-refractivity contribution in [1.82, 2.24) is 10.2 Å². The highest BCUT2D eigenvalue weighted by molar-refractivity contribution is 5.94.